The zero-order valence-corrected chi connectivity index (χ0v) is 29.6. The van der Waals surface area contributed by atoms with Crippen molar-refractivity contribution in [2.45, 2.75) is 57.5 Å². The Hall–Kier alpha value is -4.76. The first-order valence-electron chi connectivity index (χ1n) is 16.0. The fraction of sp³-hybridized carbons (Fsp3) is 0.469. The highest BCUT2D eigenvalue weighted by molar-refractivity contribution is 7.85. The number of benzene rings is 1. The maximum atomic E-state index is 13.7. The van der Waals surface area contributed by atoms with Gasteiger partial charge in [0.05, 0.1) is 79.3 Å². The van der Waals surface area contributed by atoms with Crippen molar-refractivity contribution < 1.29 is 62.7 Å². The average molecular weight is 779 g/mol. The van der Waals surface area contributed by atoms with Crippen LogP contribution >= 0.6 is 0 Å². The van der Waals surface area contributed by atoms with E-state index in [0.717, 1.165) is 12.5 Å². The Labute approximate surface area is 300 Å². The lowest BCUT2D eigenvalue weighted by Gasteiger charge is -2.39. The first-order chi connectivity index (χ1) is 24.8. The summed E-state index contributed by atoms with van der Waals surface area (Å²) >= 11 is 0. The van der Waals surface area contributed by atoms with E-state index < -0.39 is 76.3 Å². The molecule has 0 fully saturated rings. The lowest BCUT2D eigenvalue weighted by Crippen LogP contribution is -2.46. The number of pyridine rings is 1. The Morgan fingerprint density at radius 2 is 1.68 bits per heavy atom. The monoisotopic (exact) mass is 778 g/mol. The van der Waals surface area contributed by atoms with Gasteiger partial charge in [-0.2, -0.15) is 34.8 Å². The molecular formula is C32H36F6N6O8S. The SMILES string of the molecule is CCOC(=O)N1c2ccc(OC)nc2[C@@H](Nc2ncc(NC(=O)COCCOS(C)(=O)=O)c(Cc3cc(C(F)(F)F)cc(C(F)(F)F)c3)n2)C[C@H]1CC. The summed E-state index contributed by atoms with van der Waals surface area (Å²) in [7, 11) is -2.36. The number of ether oxygens (including phenoxy) is 3. The van der Waals surface area contributed by atoms with Crippen molar-refractivity contribution >= 4 is 39.4 Å². The molecule has 4 rings (SSSR count). The summed E-state index contributed by atoms with van der Waals surface area (Å²) in [4.78, 5) is 40.3. The largest absolute Gasteiger partial charge is 0.481 e. The Kier molecular flexibility index (Phi) is 13.1. The van der Waals surface area contributed by atoms with Crippen molar-refractivity contribution in [2.24, 2.45) is 0 Å². The molecule has 0 spiro atoms. The van der Waals surface area contributed by atoms with E-state index in [1.807, 2.05) is 6.92 Å². The number of carbonyl (C=O) groups is 2. The van der Waals surface area contributed by atoms with Gasteiger partial charge in [0, 0.05) is 18.5 Å². The molecule has 1 aromatic carbocycles. The van der Waals surface area contributed by atoms with Crippen molar-refractivity contribution in [3.8, 4) is 5.88 Å². The molecule has 0 saturated carbocycles. The second-order valence-corrected chi connectivity index (χ2v) is 13.2. The van der Waals surface area contributed by atoms with Gasteiger partial charge in [-0.3, -0.25) is 13.9 Å². The molecule has 2 N–H and O–H groups in total. The van der Waals surface area contributed by atoms with Crippen LogP contribution in [-0.2, 0) is 47.3 Å². The maximum absolute atomic E-state index is 13.7. The molecule has 3 heterocycles. The Morgan fingerprint density at radius 3 is 2.26 bits per heavy atom. The number of carbonyl (C=O) groups excluding carboxylic acids is 2. The van der Waals surface area contributed by atoms with Gasteiger partial charge in [-0.15, -0.1) is 0 Å². The number of amides is 2. The molecule has 0 unspecified atom stereocenters. The second kappa shape index (κ2) is 16.9. The normalized spacial score (nSPS) is 16.2. The summed E-state index contributed by atoms with van der Waals surface area (Å²) in [5.41, 5.74) is -3.10. The van der Waals surface area contributed by atoms with Gasteiger partial charge < -0.3 is 24.8 Å². The lowest BCUT2D eigenvalue weighted by atomic mass is 9.93. The Morgan fingerprint density at radius 1 is 1.00 bits per heavy atom. The Balaban J connectivity index is 1.72. The first kappa shape index (κ1) is 41.0. The van der Waals surface area contributed by atoms with Crippen LogP contribution in [-0.4, -0.2) is 81.2 Å². The molecule has 290 valence electrons. The van der Waals surface area contributed by atoms with Gasteiger partial charge in [-0.1, -0.05) is 6.92 Å². The standard InChI is InChI=1S/C32H36F6N6O8S/c1-5-21-15-23(28-25(7-8-27(43-28)49-3)44(21)30(46)51-6-2)42-29-39-16-24(40-26(45)17-50-9-10-52-53(4,47)48)22(41-29)13-18-11-19(31(33,34)35)14-20(12-18)32(36,37)38/h7-8,11-12,14,16,21,23H,5-6,9-10,13,15,17H2,1-4H3,(H,40,45)(H,39,41,42)/t21-,23+/m1/s1. The maximum Gasteiger partial charge on any atom is 0.416 e. The topological polar surface area (TPSA) is 171 Å². The number of anilines is 3. The highest BCUT2D eigenvalue weighted by atomic mass is 32.2. The number of rotatable bonds is 14. The molecule has 21 heteroatoms. The van der Waals surface area contributed by atoms with E-state index in [9.17, 15) is 44.3 Å². The molecule has 2 atom stereocenters. The number of halogens is 6. The van der Waals surface area contributed by atoms with Crippen LogP contribution in [0.5, 0.6) is 5.88 Å². The van der Waals surface area contributed by atoms with Crippen molar-refractivity contribution in [3.63, 3.8) is 0 Å². The fourth-order valence-electron chi connectivity index (χ4n) is 5.42. The van der Waals surface area contributed by atoms with Crippen molar-refractivity contribution in [1.82, 2.24) is 15.0 Å². The van der Waals surface area contributed by atoms with E-state index in [4.69, 9.17) is 14.2 Å². The molecule has 1 aliphatic heterocycles. The summed E-state index contributed by atoms with van der Waals surface area (Å²) in [5.74, 6) is -0.739. The van der Waals surface area contributed by atoms with Crippen LogP contribution in [0.25, 0.3) is 0 Å². The average Bonchev–Trinajstić information content (AvgIpc) is 3.07. The van der Waals surface area contributed by atoms with Crippen molar-refractivity contribution in [3.05, 3.63) is 64.6 Å². The predicted molar refractivity (Wildman–Crippen MR) is 177 cm³/mol. The minimum absolute atomic E-state index is 0.00446. The van der Waals surface area contributed by atoms with Crippen LogP contribution in [0, 0.1) is 0 Å². The van der Waals surface area contributed by atoms with Gasteiger partial charge >= 0.3 is 18.4 Å². The molecule has 1 aliphatic rings. The zero-order valence-electron chi connectivity index (χ0n) is 28.8. The first-order valence-corrected chi connectivity index (χ1v) is 17.8. The number of aromatic nitrogens is 3. The highest BCUT2D eigenvalue weighted by Crippen LogP contribution is 2.41. The molecule has 2 aromatic heterocycles. The van der Waals surface area contributed by atoms with Crippen LogP contribution in [0.1, 0.15) is 60.8 Å². The lowest BCUT2D eigenvalue weighted by molar-refractivity contribution is -0.143. The highest BCUT2D eigenvalue weighted by Gasteiger charge is 2.39. The number of alkyl halides is 6. The van der Waals surface area contributed by atoms with E-state index in [1.165, 1.54) is 12.0 Å². The Bertz CT molecular complexity index is 1860. The number of hydrogen-bond donors (Lipinski definition) is 2. The van der Waals surface area contributed by atoms with Gasteiger partial charge in [-0.25, -0.2) is 19.7 Å². The molecule has 14 nitrogen and oxygen atoms in total. The van der Waals surface area contributed by atoms with Gasteiger partial charge in [0.25, 0.3) is 10.1 Å². The van der Waals surface area contributed by atoms with Crippen molar-refractivity contribution in [1.29, 1.82) is 0 Å². The minimum Gasteiger partial charge on any atom is -0.481 e. The number of methoxy groups -OCH3 is 1. The summed E-state index contributed by atoms with van der Waals surface area (Å²) in [6.45, 7) is 2.32. The van der Waals surface area contributed by atoms with Gasteiger partial charge in [-0.05, 0) is 49.6 Å². The summed E-state index contributed by atoms with van der Waals surface area (Å²) in [5, 5.41) is 5.53. The third-order valence-electron chi connectivity index (χ3n) is 7.71. The van der Waals surface area contributed by atoms with Gasteiger partial charge in [0.1, 0.15) is 6.61 Å². The van der Waals surface area contributed by atoms with Crippen LogP contribution in [0.2, 0.25) is 0 Å². The van der Waals surface area contributed by atoms with Gasteiger partial charge in [0.2, 0.25) is 17.7 Å². The number of fused-ring (bicyclic) bond motifs is 1. The number of nitrogens with zero attached hydrogens (tertiary/aromatic N) is 4. The molecule has 53 heavy (non-hydrogen) atoms. The zero-order chi connectivity index (χ0) is 39.1. The van der Waals surface area contributed by atoms with E-state index >= 15 is 0 Å². The van der Waals surface area contributed by atoms with Crippen LogP contribution in [0.4, 0.5) is 48.5 Å². The predicted octanol–water partition coefficient (Wildman–Crippen LogP) is 5.74. The van der Waals surface area contributed by atoms with Gasteiger partial charge in [0.15, 0.2) is 0 Å². The van der Waals surface area contributed by atoms with Crippen LogP contribution < -0.4 is 20.3 Å². The van der Waals surface area contributed by atoms with Crippen LogP contribution in [0.15, 0.2) is 36.5 Å². The second-order valence-electron chi connectivity index (χ2n) is 11.6. The molecular weight excluding hydrogens is 742 g/mol. The third kappa shape index (κ3) is 11.1. The minimum atomic E-state index is -5.11. The molecule has 0 bridgehead atoms. The molecule has 3 aromatic rings. The molecule has 2 amide bonds. The van der Waals surface area contributed by atoms with E-state index in [1.54, 1.807) is 19.1 Å². The summed E-state index contributed by atoms with van der Waals surface area (Å²) < 4.78 is 125. The summed E-state index contributed by atoms with van der Waals surface area (Å²) in [6, 6.07) is 3.18. The quantitative estimate of drug-likeness (QED) is 0.116. The summed E-state index contributed by atoms with van der Waals surface area (Å²) in [6.07, 6.45) is -8.78. The molecule has 0 saturated heterocycles. The molecule has 0 aliphatic carbocycles. The van der Waals surface area contributed by atoms with Crippen molar-refractivity contribution in [2.75, 3.05) is 55.3 Å². The van der Waals surface area contributed by atoms with E-state index in [2.05, 4.69) is 29.8 Å². The molecule has 0 radical (unpaired) electrons. The third-order valence-corrected chi connectivity index (χ3v) is 8.30. The smallest absolute Gasteiger partial charge is 0.416 e. The van der Waals surface area contributed by atoms with Crippen LogP contribution in [0.3, 0.4) is 0 Å². The fourth-order valence-corrected chi connectivity index (χ4v) is 5.79. The van der Waals surface area contributed by atoms with E-state index in [0.29, 0.717) is 29.9 Å². The number of hydrogen-bond acceptors (Lipinski definition) is 12. The van der Waals surface area contributed by atoms with E-state index in [-0.39, 0.29) is 55.5 Å². The number of nitrogens with one attached hydrogen (secondary N) is 2.